The van der Waals surface area contributed by atoms with Crippen molar-refractivity contribution in [2.75, 3.05) is 39.4 Å². The molecule has 0 spiro atoms. The number of carbonyl (C=O) groups is 1. The van der Waals surface area contributed by atoms with Crippen molar-refractivity contribution in [2.24, 2.45) is 5.92 Å². The van der Waals surface area contributed by atoms with E-state index in [0.717, 1.165) is 75.6 Å². The molecule has 4 rings (SSSR count). The van der Waals surface area contributed by atoms with Crippen LogP contribution in [0.3, 0.4) is 0 Å². The highest BCUT2D eigenvalue weighted by molar-refractivity contribution is 5.76. The highest BCUT2D eigenvalue weighted by atomic mass is 16.5. The minimum absolute atomic E-state index is 0.315. The zero-order chi connectivity index (χ0) is 17.1. The Morgan fingerprint density at radius 1 is 1.16 bits per heavy atom. The van der Waals surface area contributed by atoms with Gasteiger partial charge in [0, 0.05) is 45.8 Å². The maximum absolute atomic E-state index is 12.5. The average molecular weight is 342 g/mol. The fraction of sp³-hybridized carbons (Fsp3) is 0.579. The maximum Gasteiger partial charge on any atom is 0.222 e. The molecule has 2 aromatic rings. The molecule has 0 atom stereocenters. The van der Waals surface area contributed by atoms with Crippen LogP contribution in [0.5, 0.6) is 0 Å². The number of nitrogens with one attached hydrogen (secondary N) is 1. The van der Waals surface area contributed by atoms with E-state index < -0.39 is 0 Å². The lowest BCUT2D eigenvalue weighted by Crippen LogP contribution is -2.48. The fourth-order valence-electron chi connectivity index (χ4n) is 3.77. The maximum atomic E-state index is 12.5. The summed E-state index contributed by atoms with van der Waals surface area (Å²) in [5.74, 6) is 1.83. The number of ether oxygens (including phenoxy) is 1. The summed E-state index contributed by atoms with van der Waals surface area (Å²) < 4.78 is 5.38. The van der Waals surface area contributed by atoms with Crippen LogP contribution >= 0.6 is 0 Å². The molecule has 2 saturated heterocycles. The second kappa shape index (κ2) is 7.54. The van der Waals surface area contributed by atoms with E-state index in [1.807, 2.05) is 23.1 Å². The summed E-state index contributed by atoms with van der Waals surface area (Å²) in [6.07, 6.45) is 2.74. The number of amides is 1. The molecule has 2 aliphatic rings. The van der Waals surface area contributed by atoms with E-state index >= 15 is 0 Å². The molecule has 1 aromatic heterocycles. The first-order chi connectivity index (χ1) is 12.3. The van der Waals surface area contributed by atoms with Crippen molar-refractivity contribution in [3.05, 3.63) is 30.1 Å². The summed E-state index contributed by atoms with van der Waals surface area (Å²) in [6, 6.07) is 8.11. The topological polar surface area (TPSA) is 61.5 Å². The van der Waals surface area contributed by atoms with Crippen molar-refractivity contribution in [3.8, 4) is 0 Å². The van der Waals surface area contributed by atoms with Crippen LogP contribution in [0.1, 0.15) is 25.1 Å². The Balaban J connectivity index is 1.26. The number of nitrogens with zero attached hydrogens (tertiary/aromatic N) is 3. The van der Waals surface area contributed by atoms with Gasteiger partial charge in [-0.05, 0) is 30.9 Å². The van der Waals surface area contributed by atoms with E-state index in [9.17, 15) is 4.79 Å². The van der Waals surface area contributed by atoms with E-state index in [1.54, 1.807) is 0 Å². The van der Waals surface area contributed by atoms with Crippen molar-refractivity contribution >= 4 is 16.9 Å². The third-order valence-corrected chi connectivity index (χ3v) is 5.34. The van der Waals surface area contributed by atoms with Crippen molar-refractivity contribution in [2.45, 2.75) is 25.8 Å². The first kappa shape index (κ1) is 16.5. The van der Waals surface area contributed by atoms with Gasteiger partial charge in [0.25, 0.3) is 0 Å². The molecular formula is C19H26N4O2. The van der Waals surface area contributed by atoms with Gasteiger partial charge in [-0.25, -0.2) is 4.98 Å². The number of para-hydroxylation sites is 2. The molecule has 134 valence electrons. The predicted octanol–water partition coefficient (Wildman–Crippen LogP) is 2.02. The first-order valence-corrected chi connectivity index (χ1v) is 9.29. The van der Waals surface area contributed by atoms with Crippen LogP contribution in [0, 0.1) is 5.92 Å². The summed E-state index contributed by atoms with van der Waals surface area (Å²) in [7, 11) is 0. The highest BCUT2D eigenvalue weighted by Crippen LogP contribution is 2.20. The molecule has 1 N–H and O–H groups in total. The van der Waals surface area contributed by atoms with Crippen LogP contribution in [0.4, 0.5) is 0 Å². The van der Waals surface area contributed by atoms with Crippen LogP contribution < -0.4 is 0 Å². The quantitative estimate of drug-likeness (QED) is 0.923. The molecule has 6 nitrogen and oxygen atoms in total. The van der Waals surface area contributed by atoms with Crippen molar-refractivity contribution in [1.29, 1.82) is 0 Å². The fourth-order valence-corrected chi connectivity index (χ4v) is 3.77. The van der Waals surface area contributed by atoms with Crippen molar-refractivity contribution in [3.63, 3.8) is 0 Å². The number of benzene rings is 1. The number of hydrogen-bond donors (Lipinski definition) is 1. The Morgan fingerprint density at radius 2 is 1.92 bits per heavy atom. The molecule has 1 amide bonds. The van der Waals surface area contributed by atoms with E-state index in [0.29, 0.717) is 18.2 Å². The van der Waals surface area contributed by atoms with E-state index in [1.165, 1.54) is 0 Å². The summed E-state index contributed by atoms with van der Waals surface area (Å²) >= 11 is 0. The third-order valence-electron chi connectivity index (χ3n) is 5.34. The van der Waals surface area contributed by atoms with Gasteiger partial charge in [-0.15, -0.1) is 0 Å². The molecule has 3 heterocycles. The molecule has 25 heavy (non-hydrogen) atoms. The molecular weight excluding hydrogens is 316 g/mol. The van der Waals surface area contributed by atoms with Gasteiger partial charge in [0.2, 0.25) is 5.91 Å². The SMILES string of the molecule is O=C(CC1CCOCC1)N1CCN(Cc2nc3ccccc3[nH]2)CC1. The number of carbonyl (C=O) groups excluding carboxylic acids is 1. The monoisotopic (exact) mass is 342 g/mol. The van der Waals surface area contributed by atoms with Gasteiger partial charge in [-0.3, -0.25) is 9.69 Å². The second-order valence-corrected chi connectivity index (χ2v) is 7.12. The Hall–Kier alpha value is -1.92. The normalized spacial score (nSPS) is 20.2. The Labute approximate surface area is 148 Å². The molecule has 2 aliphatic heterocycles. The molecule has 0 bridgehead atoms. The molecule has 0 radical (unpaired) electrons. The number of fused-ring (bicyclic) bond motifs is 1. The number of aromatic nitrogens is 2. The van der Waals surface area contributed by atoms with Gasteiger partial charge >= 0.3 is 0 Å². The van der Waals surface area contributed by atoms with E-state index in [4.69, 9.17) is 4.74 Å². The molecule has 6 heteroatoms. The lowest BCUT2D eigenvalue weighted by Gasteiger charge is -2.35. The van der Waals surface area contributed by atoms with Gasteiger partial charge in [-0.1, -0.05) is 12.1 Å². The van der Waals surface area contributed by atoms with Crippen LogP contribution in [0.2, 0.25) is 0 Å². The molecule has 2 fully saturated rings. The zero-order valence-electron chi connectivity index (χ0n) is 14.6. The van der Waals surface area contributed by atoms with Crippen LogP contribution in [0.15, 0.2) is 24.3 Å². The number of hydrogen-bond acceptors (Lipinski definition) is 4. The zero-order valence-corrected chi connectivity index (χ0v) is 14.6. The smallest absolute Gasteiger partial charge is 0.222 e. The van der Waals surface area contributed by atoms with Crippen molar-refractivity contribution < 1.29 is 9.53 Å². The minimum atomic E-state index is 0.315. The molecule has 0 aliphatic carbocycles. The van der Waals surface area contributed by atoms with E-state index in [2.05, 4.69) is 20.9 Å². The summed E-state index contributed by atoms with van der Waals surface area (Å²) in [5, 5.41) is 0. The first-order valence-electron chi connectivity index (χ1n) is 9.29. The number of piperazine rings is 1. The minimum Gasteiger partial charge on any atom is -0.381 e. The summed E-state index contributed by atoms with van der Waals surface area (Å²) in [6.45, 7) is 5.90. The largest absolute Gasteiger partial charge is 0.381 e. The summed E-state index contributed by atoms with van der Waals surface area (Å²) in [5.41, 5.74) is 2.10. The van der Waals surface area contributed by atoms with Crippen LogP contribution in [-0.2, 0) is 16.1 Å². The highest BCUT2D eigenvalue weighted by Gasteiger charge is 2.25. The Kier molecular flexibility index (Phi) is 4.99. The van der Waals surface area contributed by atoms with Crippen LogP contribution in [0.25, 0.3) is 11.0 Å². The Bertz CT molecular complexity index is 682. The van der Waals surface area contributed by atoms with Gasteiger partial charge in [0.05, 0.1) is 17.6 Å². The lowest BCUT2D eigenvalue weighted by molar-refractivity contribution is -0.134. The lowest BCUT2D eigenvalue weighted by atomic mass is 9.96. The number of aromatic amines is 1. The second-order valence-electron chi connectivity index (χ2n) is 7.12. The Morgan fingerprint density at radius 3 is 2.68 bits per heavy atom. The number of imidazole rings is 1. The van der Waals surface area contributed by atoms with Gasteiger partial charge < -0.3 is 14.6 Å². The van der Waals surface area contributed by atoms with Gasteiger partial charge in [-0.2, -0.15) is 0 Å². The molecule has 0 saturated carbocycles. The van der Waals surface area contributed by atoms with Crippen LogP contribution in [-0.4, -0.2) is 65.1 Å². The van der Waals surface area contributed by atoms with Gasteiger partial charge in [0.1, 0.15) is 5.82 Å². The van der Waals surface area contributed by atoms with E-state index in [-0.39, 0.29) is 0 Å². The van der Waals surface area contributed by atoms with Gasteiger partial charge in [0.15, 0.2) is 0 Å². The third kappa shape index (κ3) is 4.02. The predicted molar refractivity (Wildman–Crippen MR) is 96.1 cm³/mol. The summed E-state index contributed by atoms with van der Waals surface area (Å²) in [4.78, 5) is 24.9. The number of rotatable bonds is 4. The molecule has 1 aromatic carbocycles. The molecule has 0 unspecified atom stereocenters. The number of H-pyrrole nitrogens is 1. The standard InChI is InChI=1S/C19H26N4O2/c24-19(13-15-5-11-25-12-6-15)23-9-7-22(8-10-23)14-18-20-16-3-1-2-4-17(16)21-18/h1-4,15H,5-14H2,(H,20,21). The average Bonchev–Trinajstić information content (AvgIpc) is 3.05. The van der Waals surface area contributed by atoms with Crippen molar-refractivity contribution in [1.82, 2.24) is 19.8 Å².